The number of hydrogen-bond acceptors (Lipinski definition) is 4. The van der Waals surface area contributed by atoms with Gasteiger partial charge in [-0.25, -0.2) is 0 Å². The van der Waals surface area contributed by atoms with Gasteiger partial charge in [0.1, 0.15) is 0 Å². The van der Waals surface area contributed by atoms with E-state index in [4.69, 9.17) is 9.47 Å². The molecule has 0 amide bonds. The SMILES string of the molecule is CCCNC1CSCC1CCOc1ccccc1OCC. The summed E-state index contributed by atoms with van der Waals surface area (Å²) in [6.07, 6.45) is 2.31. The Morgan fingerprint density at radius 2 is 1.90 bits per heavy atom. The molecule has 0 saturated carbocycles. The average molecular weight is 309 g/mol. The number of hydrogen-bond donors (Lipinski definition) is 1. The maximum absolute atomic E-state index is 5.94. The van der Waals surface area contributed by atoms with E-state index in [-0.39, 0.29) is 0 Å². The van der Waals surface area contributed by atoms with Crippen molar-refractivity contribution in [2.24, 2.45) is 5.92 Å². The molecule has 4 heteroatoms. The van der Waals surface area contributed by atoms with Crippen LogP contribution in [0.3, 0.4) is 0 Å². The molecule has 1 saturated heterocycles. The minimum atomic E-state index is 0.653. The summed E-state index contributed by atoms with van der Waals surface area (Å²) in [5, 5.41) is 3.66. The fraction of sp³-hybridized carbons (Fsp3) is 0.647. The highest BCUT2D eigenvalue weighted by Crippen LogP contribution is 2.29. The lowest BCUT2D eigenvalue weighted by Crippen LogP contribution is -2.36. The average Bonchev–Trinajstić information content (AvgIpc) is 2.94. The van der Waals surface area contributed by atoms with Gasteiger partial charge in [0.05, 0.1) is 13.2 Å². The zero-order valence-electron chi connectivity index (χ0n) is 13.1. The first-order chi connectivity index (χ1) is 10.3. The van der Waals surface area contributed by atoms with E-state index in [9.17, 15) is 0 Å². The second-order valence-electron chi connectivity index (χ2n) is 5.38. The first kappa shape index (κ1) is 16.5. The molecule has 118 valence electrons. The minimum Gasteiger partial charge on any atom is -0.490 e. The van der Waals surface area contributed by atoms with Crippen molar-refractivity contribution in [3.05, 3.63) is 24.3 Å². The van der Waals surface area contributed by atoms with E-state index in [0.717, 1.165) is 37.0 Å². The highest BCUT2D eigenvalue weighted by atomic mass is 32.2. The second kappa shape index (κ2) is 9.21. The van der Waals surface area contributed by atoms with Crippen LogP contribution in [0.4, 0.5) is 0 Å². The van der Waals surface area contributed by atoms with E-state index in [1.165, 1.54) is 17.9 Å². The van der Waals surface area contributed by atoms with Gasteiger partial charge in [0.2, 0.25) is 0 Å². The van der Waals surface area contributed by atoms with E-state index in [1.807, 2.05) is 31.2 Å². The summed E-state index contributed by atoms with van der Waals surface area (Å²) in [6.45, 7) is 6.77. The molecule has 0 bridgehead atoms. The molecule has 3 nitrogen and oxygen atoms in total. The molecule has 1 N–H and O–H groups in total. The molecular formula is C17H27NO2S. The molecule has 2 rings (SSSR count). The van der Waals surface area contributed by atoms with Crippen LogP contribution in [0, 0.1) is 5.92 Å². The second-order valence-corrected chi connectivity index (χ2v) is 6.45. The van der Waals surface area contributed by atoms with Crippen LogP contribution in [0.5, 0.6) is 11.5 Å². The number of benzene rings is 1. The molecule has 0 aliphatic carbocycles. The molecule has 1 aromatic rings. The van der Waals surface area contributed by atoms with Gasteiger partial charge < -0.3 is 14.8 Å². The van der Waals surface area contributed by atoms with Crippen molar-refractivity contribution < 1.29 is 9.47 Å². The predicted molar refractivity (Wildman–Crippen MR) is 90.6 cm³/mol. The van der Waals surface area contributed by atoms with Gasteiger partial charge in [0, 0.05) is 11.8 Å². The highest BCUT2D eigenvalue weighted by molar-refractivity contribution is 7.99. The van der Waals surface area contributed by atoms with E-state index >= 15 is 0 Å². The smallest absolute Gasteiger partial charge is 0.161 e. The molecule has 0 spiro atoms. The molecule has 21 heavy (non-hydrogen) atoms. The third kappa shape index (κ3) is 5.11. The summed E-state index contributed by atoms with van der Waals surface area (Å²) in [4.78, 5) is 0. The Bertz CT molecular complexity index is 414. The summed E-state index contributed by atoms with van der Waals surface area (Å²) in [5.74, 6) is 4.92. The highest BCUT2D eigenvalue weighted by Gasteiger charge is 2.26. The van der Waals surface area contributed by atoms with Crippen LogP contribution in [0.15, 0.2) is 24.3 Å². The summed E-state index contributed by atoms with van der Waals surface area (Å²) < 4.78 is 11.5. The van der Waals surface area contributed by atoms with Crippen molar-refractivity contribution in [1.29, 1.82) is 0 Å². The van der Waals surface area contributed by atoms with Crippen molar-refractivity contribution in [2.75, 3.05) is 31.3 Å². The molecule has 1 fully saturated rings. The number of para-hydroxylation sites is 2. The van der Waals surface area contributed by atoms with Crippen LogP contribution in [-0.2, 0) is 0 Å². The van der Waals surface area contributed by atoms with E-state index < -0.39 is 0 Å². The Morgan fingerprint density at radius 3 is 2.62 bits per heavy atom. The molecule has 1 heterocycles. The monoisotopic (exact) mass is 309 g/mol. The number of ether oxygens (including phenoxy) is 2. The van der Waals surface area contributed by atoms with Crippen LogP contribution >= 0.6 is 11.8 Å². The zero-order valence-corrected chi connectivity index (χ0v) is 14.0. The summed E-state index contributed by atoms with van der Waals surface area (Å²) in [5.41, 5.74) is 0. The normalized spacial score (nSPS) is 21.4. The fourth-order valence-corrected chi connectivity index (χ4v) is 4.08. The Kier molecular flexibility index (Phi) is 7.24. The lowest BCUT2D eigenvalue weighted by atomic mass is 10.0. The molecule has 1 aliphatic heterocycles. The topological polar surface area (TPSA) is 30.5 Å². The van der Waals surface area contributed by atoms with Crippen LogP contribution in [0.25, 0.3) is 0 Å². The van der Waals surface area contributed by atoms with Crippen molar-refractivity contribution >= 4 is 11.8 Å². The van der Waals surface area contributed by atoms with Gasteiger partial charge in [-0.3, -0.25) is 0 Å². The maximum Gasteiger partial charge on any atom is 0.161 e. The molecular weight excluding hydrogens is 282 g/mol. The molecule has 2 unspecified atom stereocenters. The van der Waals surface area contributed by atoms with Gasteiger partial charge in [-0.2, -0.15) is 11.8 Å². The third-order valence-corrected chi connectivity index (χ3v) is 5.01. The quantitative estimate of drug-likeness (QED) is 0.755. The standard InChI is InChI=1S/C17H27NO2S/c1-3-10-18-15-13-21-12-14(15)9-11-20-17-8-6-5-7-16(17)19-4-2/h5-8,14-15,18H,3-4,9-13H2,1-2H3. The van der Waals surface area contributed by atoms with Crippen LogP contribution in [0.1, 0.15) is 26.7 Å². The van der Waals surface area contributed by atoms with Gasteiger partial charge in [0.15, 0.2) is 11.5 Å². The van der Waals surface area contributed by atoms with E-state index in [1.54, 1.807) is 0 Å². The maximum atomic E-state index is 5.94. The largest absolute Gasteiger partial charge is 0.490 e. The molecule has 1 aliphatic rings. The molecule has 0 radical (unpaired) electrons. The Balaban J connectivity index is 1.78. The van der Waals surface area contributed by atoms with Gasteiger partial charge in [-0.1, -0.05) is 19.1 Å². The lowest BCUT2D eigenvalue weighted by Gasteiger charge is -2.20. The van der Waals surface area contributed by atoms with Gasteiger partial charge in [-0.05, 0) is 50.1 Å². The van der Waals surface area contributed by atoms with Gasteiger partial charge in [-0.15, -0.1) is 0 Å². The fourth-order valence-electron chi connectivity index (χ4n) is 2.60. The van der Waals surface area contributed by atoms with E-state index in [0.29, 0.717) is 12.6 Å². The number of rotatable bonds is 9. The van der Waals surface area contributed by atoms with Crippen LogP contribution in [-0.4, -0.2) is 37.3 Å². The van der Waals surface area contributed by atoms with Crippen molar-refractivity contribution in [3.8, 4) is 11.5 Å². The summed E-state index contributed by atoms with van der Waals surface area (Å²) in [6, 6.07) is 8.59. The Hall–Kier alpha value is -0.870. The lowest BCUT2D eigenvalue weighted by molar-refractivity contribution is 0.249. The first-order valence-corrected chi connectivity index (χ1v) is 9.16. The van der Waals surface area contributed by atoms with Gasteiger partial charge in [0.25, 0.3) is 0 Å². The molecule has 2 atom stereocenters. The van der Waals surface area contributed by atoms with Crippen molar-refractivity contribution in [2.45, 2.75) is 32.7 Å². The van der Waals surface area contributed by atoms with E-state index in [2.05, 4.69) is 24.0 Å². The summed E-state index contributed by atoms with van der Waals surface area (Å²) in [7, 11) is 0. The third-order valence-electron chi connectivity index (χ3n) is 3.75. The summed E-state index contributed by atoms with van der Waals surface area (Å²) >= 11 is 2.06. The Labute approximate surface area is 132 Å². The zero-order chi connectivity index (χ0) is 14.9. The van der Waals surface area contributed by atoms with Crippen molar-refractivity contribution in [3.63, 3.8) is 0 Å². The minimum absolute atomic E-state index is 0.653. The predicted octanol–water partition coefficient (Wildman–Crippen LogP) is 3.59. The number of nitrogens with one attached hydrogen (secondary N) is 1. The Morgan fingerprint density at radius 1 is 1.14 bits per heavy atom. The molecule has 0 aromatic heterocycles. The number of thioether (sulfide) groups is 1. The first-order valence-electron chi connectivity index (χ1n) is 8.00. The van der Waals surface area contributed by atoms with Crippen LogP contribution in [0.2, 0.25) is 0 Å². The van der Waals surface area contributed by atoms with Crippen molar-refractivity contribution in [1.82, 2.24) is 5.32 Å². The molecule has 1 aromatic carbocycles. The van der Waals surface area contributed by atoms with Crippen LogP contribution < -0.4 is 14.8 Å². The van der Waals surface area contributed by atoms with Gasteiger partial charge >= 0.3 is 0 Å².